The van der Waals surface area contributed by atoms with Gasteiger partial charge in [0.25, 0.3) is 5.95 Å². The van der Waals surface area contributed by atoms with E-state index in [1.807, 2.05) is 0 Å². The van der Waals surface area contributed by atoms with E-state index in [9.17, 15) is 54.2 Å². The summed E-state index contributed by atoms with van der Waals surface area (Å²) >= 11 is 0. The molecule has 1 amide bonds. The first kappa shape index (κ1) is 36.3. The second-order valence-corrected chi connectivity index (χ2v) is 11.9. The van der Waals surface area contributed by atoms with Gasteiger partial charge in [-0.1, -0.05) is 11.2 Å². The quantitative estimate of drug-likeness (QED) is 0.259. The molecule has 10 nitrogen and oxygen atoms in total. The first-order chi connectivity index (χ1) is 22.0. The van der Waals surface area contributed by atoms with Gasteiger partial charge in [-0.25, -0.2) is 4.79 Å². The maximum absolute atomic E-state index is 14.1. The van der Waals surface area contributed by atoms with Crippen molar-refractivity contribution in [2.45, 2.75) is 64.7 Å². The first-order valence-corrected chi connectivity index (χ1v) is 14.2. The van der Waals surface area contributed by atoms with Gasteiger partial charge in [0.1, 0.15) is 6.61 Å². The molecule has 2 aromatic carbocycles. The summed E-state index contributed by atoms with van der Waals surface area (Å²) in [6.07, 6.45) is -16.3. The van der Waals surface area contributed by atoms with Gasteiger partial charge in [-0.3, -0.25) is 9.69 Å². The number of benzene rings is 2. The Balaban J connectivity index is 1.89. The lowest BCUT2D eigenvalue weighted by Gasteiger charge is -2.33. The zero-order chi connectivity index (χ0) is 36.0. The number of fused-ring (bicyclic) bond motifs is 1. The molecule has 1 aliphatic heterocycles. The third kappa shape index (κ3) is 7.92. The van der Waals surface area contributed by atoms with Crippen LogP contribution in [0, 0.1) is 12.3 Å². The van der Waals surface area contributed by atoms with Crippen LogP contribution in [0.25, 0.3) is 0 Å². The predicted octanol–water partition coefficient (Wildman–Crippen LogP) is 7.17. The van der Waals surface area contributed by atoms with Crippen LogP contribution in [0.4, 0.5) is 55.9 Å². The van der Waals surface area contributed by atoms with Crippen molar-refractivity contribution in [1.29, 1.82) is 0 Å². The van der Waals surface area contributed by atoms with Gasteiger partial charge in [-0.2, -0.15) is 44.3 Å². The minimum absolute atomic E-state index is 0.00550. The van der Waals surface area contributed by atoms with Crippen LogP contribution >= 0.6 is 0 Å². The van der Waals surface area contributed by atoms with Gasteiger partial charge in [0.2, 0.25) is 0 Å². The number of aromatic nitrogens is 4. The number of carbonyl (C=O) groups is 2. The molecule has 1 aromatic heterocycles. The zero-order valence-corrected chi connectivity index (χ0v) is 25.8. The lowest BCUT2D eigenvalue weighted by molar-refractivity contribution is -0.149. The summed E-state index contributed by atoms with van der Waals surface area (Å²) in [6.45, 7) is 2.13. The second kappa shape index (κ2) is 12.8. The number of rotatable bonds is 7. The smallest absolute Gasteiger partial charge is 0.416 e. The summed E-state index contributed by atoms with van der Waals surface area (Å²) in [5.41, 5.74) is -6.88. The Bertz CT molecular complexity index is 1650. The van der Waals surface area contributed by atoms with E-state index in [4.69, 9.17) is 4.74 Å². The summed E-state index contributed by atoms with van der Waals surface area (Å²) < 4.78 is 130. The Hall–Kier alpha value is -4.58. The predicted molar refractivity (Wildman–Crippen MR) is 150 cm³/mol. The second-order valence-electron chi connectivity index (χ2n) is 11.9. The fraction of sp³-hybridized carbons (Fsp3) is 0.483. The highest BCUT2D eigenvalue weighted by molar-refractivity contribution is 5.90. The highest BCUT2D eigenvalue weighted by atomic mass is 19.4. The molecule has 0 saturated carbocycles. The molecule has 1 unspecified atom stereocenters. The van der Waals surface area contributed by atoms with Gasteiger partial charge in [0, 0.05) is 13.1 Å². The number of aryl methyl sites for hydroxylation is 2. The molecule has 19 heteroatoms. The number of anilines is 2. The third-order valence-electron chi connectivity index (χ3n) is 7.68. The van der Waals surface area contributed by atoms with E-state index in [0.29, 0.717) is 18.2 Å². The molecule has 0 saturated heterocycles. The van der Waals surface area contributed by atoms with Gasteiger partial charge < -0.3 is 14.7 Å². The van der Waals surface area contributed by atoms with E-state index in [1.165, 1.54) is 25.8 Å². The summed E-state index contributed by atoms with van der Waals surface area (Å²) in [7, 11) is 1.35. The average Bonchev–Trinajstić information content (AvgIpc) is 3.30. The standard InChI is InChI=1S/C29H29F9N6O4/c1-15-8-19-21(6-5-7-43(22(19)12-20(15)29(36,37)38)25(47)48-14-26(2,3)23(45)46)44(24-39-41-42(4)40-24)13-16-9-17(27(30,31)32)11-18(10-16)28(33,34)35/h8-12,21H,5-7,13-14H2,1-4H3,(H,45,46). The fourth-order valence-corrected chi connectivity index (χ4v) is 5.16. The molecule has 1 atom stereocenters. The molecule has 1 N–H and O–H groups in total. The van der Waals surface area contributed by atoms with Crippen molar-refractivity contribution in [3.63, 3.8) is 0 Å². The van der Waals surface area contributed by atoms with Crippen molar-refractivity contribution in [1.82, 2.24) is 20.2 Å². The molecule has 3 aromatic rings. The van der Waals surface area contributed by atoms with Gasteiger partial charge >= 0.3 is 30.6 Å². The lowest BCUT2D eigenvalue weighted by Crippen LogP contribution is -2.37. The number of alkyl halides is 9. The van der Waals surface area contributed by atoms with Crippen LogP contribution in [0.1, 0.15) is 66.1 Å². The molecular weight excluding hydrogens is 667 g/mol. The molecule has 1 aliphatic rings. The SMILES string of the molecule is Cc1cc2c(cc1C(F)(F)F)N(C(=O)OCC(C)(C)C(=O)O)CCCC2N(Cc1cc(C(F)(F)F)cc(C(F)(F)F)c1)c1nnn(C)n1. The molecule has 4 rings (SSSR count). The summed E-state index contributed by atoms with van der Waals surface area (Å²) in [5.74, 6) is -1.58. The largest absolute Gasteiger partial charge is 0.481 e. The fourth-order valence-electron chi connectivity index (χ4n) is 5.16. The van der Waals surface area contributed by atoms with Gasteiger partial charge in [0.15, 0.2) is 0 Å². The number of halogens is 9. The van der Waals surface area contributed by atoms with Crippen LogP contribution in [0.15, 0.2) is 30.3 Å². The molecular formula is C29H29F9N6O4. The monoisotopic (exact) mass is 696 g/mol. The van der Waals surface area contributed by atoms with Gasteiger partial charge in [0.05, 0.1) is 40.9 Å². The topological polar surface area (TPSA) is 114 Å². The number of carboxylic acids is 1. The van der Waals surface area contributed by atoms with Crippen LogP contribution in [-0.2, 0) is 41.7 Å². The molecule has 0 fully saturated rings. The molecule has 0 aliphatic carbocycles. The van der Waals surface area contributed by atoms with E-state index < -0.39 is 77.5 Å². The Kier molecular flexibility index (Phi) is 9.66. The Morgan fingerprint density at radius 3 is 2.06 bits per heavy atom. The van der Waals surface area contributed by atoms with Crippen LogP contribution < -0.4 is 9.80 Å². The number of amides is 1. The Labute approximate surface area is 267 Å². The third-order valence-corrected chi connectivity index (χ3v) is 7.68. The maximum Gasteiger partial charge on any atom is 0.416 e. The number of hydrogen-bond donors (Lipinski definition) is 1. The van der Waals surface area contributed by atoms with Crippen molar-refractivity contribution in [2.24, 2.45) is 12.5 Å². The van der Waals surface area contributed by atoms with Crippen LogP contribution in [0.5, 0.6) is 0 Å². The van der Waals surface area contributed by atoms with E-state index in [-0.39, 0.29) is 48.2 Å². The van der Waals surface area contributed by atoms with Crippen molar-refractivity contribution in [3.8, 4) is 0 Å². The first-order valence-electron chi connectivity index (χ1n) is 14.2. The molecule has 0 radical (unpaired) electrons. The number of tetrazole rings is 1. The minimum Gasteiger partial charge on any atom is -0.481 e. The highest BCUT2D eigenvalue weighted by Gasteiger charge is 2.41. The van der Waals surface area contributed by atoms with Crippen LogP contribution in [0.2, 0.25) is 0 Å². The van der Waals surface area contributed by atoms with Crippen LogP contribution in [-0.4, -0.2) is 50.5 Å². The number of carbonyl (C=O) groups excluding carboxylic acids is 1. The van der Waals surface area contributed by atoms with Gasteiger partial charge in [-0.05, 0) is 79.8 Å². The number of carboxylic acid groups (broad SMARTS) is 1. The normalized spacial score (nSPS) is 15.9. The Morgan fingerprint density at radius 1 is 0.958 bits per heavy atom. The molecule has 48 heavy (non-hydrogen) atoms. The van der Waals surface area contributed by atoms with Crippen molar-refractivity contribution in [2.75, 3.05) is 23.0 Å². The maximum atomic E-state index is 14.1. The summed E-state index contributed by atoms with van der Waals surface area (Å²) in [6, 6.07) is 1.70. The van der Waals surface area contributed by atoms with Crippen molar-refractivity contribution >= 4 is 23.7 Å². The highest BCUT2D eigenvalue weighted by Crippen LogP contribution is 2.44. The number of hydrogen-bond acceptors (Lipinski definition) is 7. The summed E-state index contributed by atoms with van der Waals surface area (Å²) in [5, 5.41) is 21.1. The molecule has 0 bridgehead atoms. The number of nitrogens with zero attached hydrogens (tertiary/aromatic N) is 6. The van der Waals surface area contributed by atoms with E-state index >= 15 is 0 Å². The lowest BCUT2D eigenvalue weighted by atomic mass is 9.94. The number of ether oxygens (including phenoxy) is 1. The summed E-state index contributed by atoms with van der Waals surface area (Å²) in [4.78, 5) is 27.9. The van der Waals surface area contributed by atoms with E-state index in [0.717, 1.165) is 22.7 Å². The van der Waals surface area contributed by atoms with Crippen molar-refractivity contribution in [3.05, 3.63) is 63.7 Å². The molecule has 262 valence electrons. The van der Waals surface area contributed by atoms with Crippen LogP contribution in [0.3, 0.4) is 0 Å². The van der Waals surface area contributed by atoms with E-state index in [1.54, 1.807) is 0 Å². The Morgan fingerprint density at radius 2 is 1.56 bits per heavy atom. The van der Waals surface area contributed by atoms with Crippen molar-refractivity contribution < 1.29 is 58.9 Å². The van der Waals surface area contributed by atoms with E-state index in [2.05, 4.69) is 15.4 Å². The molecule has 0 spiro atoms. The number of aliphatic carboxylic acids is 1. The zero-order valence-electron chi connectivity index (χ0n) is 25.8. The molecule has 2 heterocycles. The minimum atomic E-state index is -5.15. The average molecular weight is 697 g/mol. The van der Waals surface area contributed by atoms with Gasteiger partial charge in [-0.15, -0.1) is 5.10 Å².